The van der Waals surface area contributed by atoms with Gasteiger partial charge >= 0.3 is 0 Å². The van der Waals surface area contributed by atoms with Crippen LogP contribution in [0.2, 0.25) is 0 Å². The van der Waals surface area contributed by atoms with Gasteiger partial charge in [-0.2, -0.15) is 0 Å². The van der Waals surface area contributed by atoms with Gasteiger partial charge in [0.15, 0.2) is 5.82 Å². The first-order chi connectivity index (χ1) is 16.2. The molecule has 0 saturated heterocycles. The number of ketones is 1. The summed E-state index contributed by atoms with van der Waals surface area (Å²) in [6.45, 7) is 17.9. The van der Waals surface area contributed by atoms with Crippen LogP contribution in [-0.2, 0) is 0 Å². The van der Waals surface area contributed by atoms with Crippen molar-refractivity contribution in [2.24, 2.45) is 0 Å². The Labute approximate surface area is 199 Å². The molecule has 0 aliphatic rings. The van der Waals surface area contributed by atoms with E-state index >= 15 is 0 Å². The van der Waals surface area contributed by atoms with Crippen LogP contribution in [0.4, 0.5) is 0 Å². The number of fused-ring (bicyclic) bond motifs is 1. The largest absolute Gasteiger partial charge is 0.439 e. The van der Waals surface area contributed by atoms with Gasteiger partial charge in [0, 0.05) is 17.3 Å². The van der Waals surface area contributed by atoms with Crippen LogP contribution >= 0.6 is 0 Å². The Morgan fingerprint density at radius 3 is 1.97 bits per heavy atom. The maximum absolute atomic E-state index is 12.6. The SMILES string of the molecule is CC.CC.CC.CC.Cc1cccnc1Oc1ccc(C(=O)c2nc3ccccc3[nH]2)cc1. The number of benzene rings is 2. The molecule has 0 aliphatic carbocycles. The van der Waals surface area contributed by atoms with Crippen LogP contribution in [0, 0.1) is 6.92 Å². The highest BCUT2D eigenvalue weighted by molar-refractivity contribution is 6.08. The Bertz CT molecular complexity index is 1020. The molecule has 2 heterocycles. The average Bonchev–Trinajstić information content (AvgIpc) is 3.35. The fourth-order valence-corrected chi connectivity index (χ4v) is 2.56. The van der Waals surface area contributed by atoms with E-state index in [-0.39, 0.29) is 5.78 Å². The number of nitrogens with one attached hydrogen (secondary N) is 1. The minimum Gasteiger partial charge on any atom is -0.439 e. The number of carbonyl (C=O) groups excluding carboxylic acids is 1. The zero-order valence-electron chi connectivity index (χ0n) is 21.6. The molecule has 33 heavy (non-hydrogen) atoms. The number of carbonyl (C=O) groups is 1. The summed E-state index contributed by atoms with van der Waals surface area (Å²) in [5, 5.41) is 0. The van der Waals surface area contributed by atoms with Crippen molar-refractivity contribution in [3.63, 3.8) is 0 Å². The number of pyridine rings is 1. The fraction of sp³-hybridized carbons (Fsp3) is 0.321. The first kappa shape index (κ1) is 29.5. The molecule has 1 N–H and O–H groups in total. The van der Waals surface area contributed by atoms with E-state index in [2.05, 4.69) is 15.0 Å². The van der Waals surface area contributed by atoms with Crippen LogP contribution in [-0.4, -0.2) is 20.7 Å². The third-order valence-electron chi connectivity index (χ3n) is 3.90. The molecule has 0 amide bonds. The molecule has 0 aliphatic heterocycles. The zero-order chi connectivity index (χ0) is 25.2. The summed E-state index contributed by atoms with van der Waals surface area (Å²) in [6, 6.07) is 18.3. The van der Waals surface area contributed by atoms with Gasteiger partial charge in [-0.1, -0.05) is 73.6 Å². The lowest BCUT2D eigenvalue weighted by molar-refractivity contribution is 0.103. The van der Waals surface area contributed by atoms with Crippen LogP contribution in [0.3, 0.4) is 0 Å². The molecule has 0 atom stereocenters. The van der Waals surface area contributed by atoms with E-state index < -0.39 is 0 Å². The first-order valence-electron chi connectivity index (χ1n) is 11.9. The Kier molecular flexibility index (Phi) is 15.3. The molecular formula is C28H39N3O2. The Morgan fingerprint density at radius 2 is 1.39 bits per heavy atom. The number of hydrogen-bond acceptors (Lipinski definition) is 4. The van der Waals surface area contributed by atoms with E-state index in [1.807, 2.05) is 98.7 Å². The number of imidazole rings is 1. The highest BCUT2D eigenvalue weighted by atomic mass is 16.5. The number of ether oxygens (including phenoxy) is 1. The lowest BCUT2D eigenvalue weighted by atomic mass is 10.1. The number of H-pyrrole nitrogens is 1. The average molecular weight is 450 g/mol. The standard InChI is InChI=1S/C20H15N3O2.4C2H6/c1-13-5-4-12-21-20(13)25-15-10-8-14(9-11-15)18(24)19-22-16-6-2-3-7-17(16)23-19;4*1-2/h2-12H,1H3,(H,22,23);4*1-2H3. The molecule has 4 aromatic rings. The monoisotopic (exact) mass is 449 g/mol. The molecule has 0 bridgehead atoms. The van der Waals surface area contributed by atoms with E-state index in [1.165, 1.54) is 0 Å². The highest BCUT2D eigenvalue weighted by Crippen LogP contribution is 2.23. The van der Waals surface area contributed by atoms with Crippen LogP contribution in [0.5, 0.6) is 11.6 Å². The number of rotatable bonds is 4. The first-order valence-corrected chi connectivity index (χ1v) is 11.9. The molecule has 178 valence electrons. The predicted octanol–water partition coefficient (Wildman–Crippen LogP) is 8.39. The third-order valence-corrected chi connectivity index (χ3v) is 3.90. The second-order valence-electron chi connectivity index (χ2n) is 5.68. The topological polar surface area (TPSA) is 67.9 Å². The lowest BCUT2D eigenvalue weighted by Gasteiger charge is -2.07. The minimum absolute atomic E-state index is 0.156. The van der Waals surface area contributed by atoms with Crippen LogP contribution < -0.4 is 4.74 Å². The number of aryl methyl sites for hydroxylation is 1. The van der Waals surface area contributed by atoms with Crippen LogP contribution in [0.25, 0.3) is 11.0 Å². The summed E-state index contributed by atoms with van der Waals surface area (Å²) in [5.74, 6) is 1.36. The number of aromatic amines is 1. The van der Waals surface area contributed by atoms with Gasteiger partial charge in [-0.25, -0.2) is 9.97 Å². The number of nitrogens with zero attached hydrogens (tertiary/aromatic N) is 2. The van der Waals surface area contributed by atoms with Crippen molar-refractivity contribution in [2.75, 3.05) is 0 Å². The summed E-state index contributed by atoms with van der Waals surface area (Å²) in [4.78, 5) is 24.2. The van der Waals surface area contributed by atoms with E-state index in [9.17, 15) is 4.79 Å². The molecule has 0 unspecified atom stereocenters. The van der Waals surface area contributed by atoms with Gasteiger partial charge in [-0.15, -0.1) is 0 Å². The second-order valence-corrected chi connectivity index (χ2v) is 5.68. The Morgan fingerprint density at radius 1 is 0.788 bits per heavy atom. The van der Waals surface area contributed by atoms with Crippen molar-refractivity contribution >= 4 is 16.8 Å². The highest BCUT2D eigenvalue weighted by Gasteiger charge is 2.14. The van der Waals surface area contributed by atoms with Crippen molar-refractivity contribution < 1.29 is 9.53 Å². The van der Waals surface area contributed by atoms with E-state index in [0.29, 0.717) is 23.0 Å². The normalized spacial score (nSPS) is 8.88. The predicted molar refractivity (Wildman–Crippen MR) is 140 cm³/mol. The number of aromatic nitrogens is 3. The van der Waals surface area contributed by atoms with Crippen molar-refractivity contribution in [3.05, 3.63) is 83.8 Å². The van der Waals surface area contributed by atoms with Crippen molar-refractivity contribution in [2.45, 2.75) is 62.3 Å². The zero-order valence-corrected chi connectivity index (χ0v) is 21.6. The van der Waals surface area contributed by atoms with E-state index in [1.54, 1.807) is 30.5 Å². The van der Waals surface area contributed by atoms with E-state index in [0.717, 1.165) is 16.6 Å². The van der Waals surface area contributed by atoms with E-state index in [4.69, 9.17) is 4.74 Å². The van der Waals surface area contributed by atoms with Crippen molar-refractivity contribution in [3.8, 4) is 11.6 Å². The molecule has 0 radical (unpaired) electrons. The van der Waals surface area contributed by atoms with Gasteiger partial charge in [-0.05, 0) is 49.4 Å². The Hall–Kier alpha value is -3.47. The third kappa shape index (κ3) is 8.53. The minimum atomic E-state index is -0.156. The molecule has 0 saturated carbocycles. The second kappa shape index (κ2) is 17.1. The van der Waals surface area contributed by atoms with Gasteiger partial charge in [0.1, 0.15) is 5.75 Å². The van der Waals surface area contributed by atoms with Crippen molar-refractivity contribution in [1.29, 1.82) is 0 Å². The van der Waals surface area contributed by atoms with Gasteiger partial charge < -0.3 is 9.72 Å². The van der Waals surface area contributed by atoms with Gasteiger partial charge in [-0.3, -0.25) is 4.79 Å². The summed E-state index contributed by atoms with van der Waals surface area (Å²) in [6.07, 6.45) is 1.68. The summed E-state index contributed by atoms with van der Waals surface area (Å²) >= 11 is 0. The molecule has 5 heteroatoms. The molecule has 2 aromatic heterocycles. The molecule has 4 rings (SSSR count). The Balaban J connectivity index is 0.00000116. The van der Waals surface area contributed by atoms with Crippen LogP contribution in [0.1, 0.15) is 77.1 Å². The maximum atomic E-state index is 12.6. The molecule has 2 aromatic carbocycles. The summed E-state index contributed by atoms with van der Waals surface area (Å²) < 4.78 is 5.75. The maximum Gasteiger partial charge on any atom is 0.228 e. The number of hydrogen-bond donors (Lipinski definition) is 1. The summed E-state index contributed by atoms with van der Waals surface area (Å²) in [5.41, 5.74) is 3.11. The van der Waals surface area contributed by atoms with Crippen molar-refractivity contribution in [1.82, 2.24) is 15.0 Å². The van der Waals surface area contributed by atoms with Gasteiger partial charge in [0.25, 0.3) is 0 Å². The molecular weight excluding hydrogens is 410 g/mol. The molecule has 0 spiro atoms. The fourth-order valence-electron chi connectivity index (χ4n) is 2.56. The van der Waals surface area contributed by atoms with Gasteiger partial charge in [0.2, 0.25) is 11.7 Å². The molecule has 0 fully saturated rings. The van der Waals surface area contributed by atoms with Crippen LogP contribution in [0.15, 0.2) is 66.9 Å². The number of para-hydroxylation sites is 2. The van der Waals surface area contributed by atoms with Gasteiger partial charge in [0.05, 0.1) is 11.0 Å². The smallest absolute Gasteiger partial charge is 0.228 e. The lowest BCUT2D eigenvalue weighted by Crippen LogP contribution is -2.03. The quantitative estimate of drug-likeness (QED) is 0.318. The molecule has 5 nitrogen and oxygen atoms in total. The summed E-state index contributed by atoms with van der Waals surface area (Å²) in [7, 11) is 0.